The Morgan fingerprint density at radius 1 is 0.833 bits per heavy atom. The molecule has 2 aromatic rings. The number of carbonyl (C=O) groups is 7. The first-order valence-corrected chi connectivity index (χ1v) is 20.8. The van der Waals surface area contributed by atoms with Crippen LogP contribution in [0.5, 0.6) is 0 Å². The molecule has 60 heavy (non-hydrogen) atoms. The predicted octanol–water partition coefficient (Wildman–Crippen LogP) is 1.31. The third-order valence-corrected chi connectivity index (χ3v) is 11.9. The number of aliphatic hydroxyl groups excluding tert-OH is 1. The molecule has 9 atom stereocenters. The maximum Gasteiger partial charge on any atom is 0.329 e. The Bertz CT molecular complexity index is 1960. The number of rotatable bonds is 8. The van der Waals surface area contributed by atoms with Crippen LogP contribution in [0.15, 0.2) is 42.5 Å². The van der Waals surface area contributed by atoms with Crippen LogP contribution in [0.3, 0.4) is 0 Å². The minimum absolute atomic E-state index is 0.0202. The first kappa shape index (κ1) is 44.1. The van der Waals surface area contributed by atoms with Crippen molar-refractivity contribution in [2.45, 2.75) is 128 Å². The van der Waals surface area contributed by atoms with Crippen molar-refractivity contribution in [3.05, 3.63) is 70.8 Å². The summed E-state index contributed by atoms with van der Waals surface area (Å²) in [7, 11) is 0. The number of piperidine rings is 1. The largest absolute Gasteiger partial charge is 0.458 e. The van der Waals surface area contributed by atoms with Crippen molar-refractivity contribution in [3.63, 3.8) is 0 Å². The standard InChI is InChI=1S/C43H54F2N6O9/c1-5-26-9-11-27(12-10-26)18-36(53)47-32(17-28-15-29(44)19-30(45)16-28)38(54)48-37-25(4)60-43(59)35-14-23(2)21-50(35)40(56)24(3)46-39(55)33-8-6-7-13-49(33)41(57)34-20-31(52)22-51(34)42(37)58/h9-12,15-16,19,23-25,31-35,37,52H,5-8,13-14,17-18,20-22H2,1-4H3,(H,46,55)(H,47,53)(H,48,54)/t23-,24+,25+,31-,32+,33+,34+,35+,37+/m1/s1. The highest BCUT2D eigenvalue weighted by Crippen LogP contribution is 2.29. The van der Waals surface area contributed by atoms with Crippen LogP contribution in [0, 0.1) is 17.6 Å². The van der Waals surface area contributed by atoms with Gasteiger partial charge in [-0.2, -0.15) is 0 Å². The van der Waals surface area contributed by atoms with E-state index in [4.69, 9.17) is 4.74 Å². The number of ether oxygens (including phenoxy) is 1. The van der Waals surface area contributed by atoms with Crippen LogP contribution >= 0.6 is 0 Å². The van der Waals surface area contributed by atoms with Gasteiger partial charge in [0.1, 0.15) is 54.0 Å². The summed E-state index contributed by atoms with van der Waals surface area (Å²) in [5, 5.41) is 18.9. The molecule has 0 saturated carbocycles. The topological polar surface area (TPSA) is 195 Å². The Balaban J connectivity index is 1.35. The molecule has 0 aromatic heterocycles. The van der Waals surface area contributed by atoms with Gasteiger partial charge in [0.25, 0.3) is 0 Å². The average Bonchev–Trinajstić information content (AvgIpc) is 3.80. The number of hydrogen-bond acceptors (Lipinski definition) is 9. The molecule has 6 amide bonds. The number of carbonyl (C=O) groups excluding carboxylic acids is 7. The highest BCUT2D eigenvalue weighted by molar-refractivity contribution is 5.98. The number of nitrogens with one attached hydrogen (secondary N) is 3. The van der Waals surface area contributed by atoms with Crippen LogP contribution in [-0.4, -0.2) is 129 Å². The number of halogens is 2. The summed E-state index contributed by atoms with van der Waals surface area (Å²) < 4.78 is 34.6. The molecule has 4 fully saturated rings. The first-order chi connectivity index (χ1) is 28.5. The lowest BCUT2D eigenvalue weighted by Gasteiger charge is -2.39. The van der Waals surface area contributed by atoms with Gasteiger partial charge in [-0.3, -0.25) is 28.8 Å². The summed E-state index contributed by atoms with van der Waals surface area (Å²) in [6.07, 6.45) is -0.875. The van der Waals surface area contributed by atoms with E-state index in [1.807, 2.05) is 26.0 Å². The smallest absolute Gasteiger partial charge is 0.329 e. The van der Waals surface area contributed by atoms with Gasteiger partial charge in [0, 0.05) is 38.5 Å². The van der Waals surface area contributed by atoms with E-state index >= 15 is 0 Å². The number of nitrogens with zero attached hydrogens (tertiary/aromatic N) is 3. The van der Waals surface area contributed by atoms with E-state index in [-0.39, 0.29) is 50.4 Å². The second-order valence-electron chi connectivity index (χ2n) is 16.6. The Morgan fingerprint density at radius 2 is 1.50 bits per heavy atom. The average molecular weight is 837 g/mol. The number of amides is 6. The summed E-state index contributed by atoms with van der Waals surface area (Å²) in [4.78, 5) is 102. The molecule has 4 aliphatic rings. The fourth-order valence-electron chi connectivity index (χ4n) is 8.72. The van der Waals surface area contributed by atoms with E-state index in [1.165, 1.54) is 23.6 Å². The fourth-order valence-corrected chi connectivity index (χ4v) is 8.72. The Labute approximate surface area is 347 Å². The number of hydrogen-bond donors (Lipinski definition) is 4. The quantitative estimate of drug-likeness (QED) is 0.284. The van der Waals surface area contributed by atoms with Crippen molar-refractivity contribution >= 4 is 41.4 Å². The van der Waals surface area contributed by atoms with E-state index in [2.05, 4.69) is 16.0 Å². The lowest BCUT2D eigenvalue weighted by atomic mass is 9.98. The van der Waals surface area contributed by atoms with Gasteiger partial charge in [0.05, 0.1) is 12.5 Å². The van der Waals surface area contributed by atoms with Crippen LogP contribution in [0.25, 0.3) is 0 Å². The van der Waals surface area contributed by atoms with Crippen molar-refractivity contribution in [1.82, 2.24) is 30.7 Å². The molecule has 0 aliphatic carbocycles. The van der Waals surface area contributed by atoms with Gasteiger partial charge in [0.2, 0.25) is 35.4 Å². The third-order valence-electron chi connectivity index (χ3n) is 11.9. The predicted molar refractivity (Wildman–Crippen MR) is 211 cm³/mol. The summed E-state index contributed by atoms with van der Waals surface area (Å²) >= 11 is 0. The summed E-state index contributed by atoms with van der Waals surface area (Å²) in [6.45, 7) is 6.72. The monoisotopic (exact) mass is 836 g/mol. The Morgan fingerprint density at radius 3 is 2.18 bits per heavy atom. The molecule has 0 radical (unpaired) electrons. The maximum absolute atomic E-state index is 14.8. The summed E-state index contributed by atoms with van der Waals surface area (Å²) in [5.74, 6) is -7.04. The number of aliphatic hydroxyl groups is 1. The molecule has 0 bridgehead atoms. The SMILES string of the molecule is CCc1ccc(CC(=O)N[C@@H](Cc2cc(F)cc(F)c2)C(=O)N[C@@H]2C(=O)N3C[C@H](O)C[C@H]3C(=O)N3CCCC[C@H]3C(=O)N[C@@H](C)C(=O)N3C[C@H](C)C[C@H]3C(=O)O[C@H]2C)cc1. The second kappa shape index (κ2) is 18.9. The van der Waals surface area contributed by atoms with Crippen molar-refractivity contribution in [1.29, 1.82) is 0 Å². The van der Waals surface area contributed by atoms with E-state index in [0.29, 0.717) is 30.9 Å². The minimum atomic E-state index is -1.72. The normalized spacial score (nSPS) is 28.3. The molecule has 4 heterocycles. The molecule has 6 rings (SSSR count). The van der Waals surface area contributed by atoms with Crippen LogP contribution in [0.1, 0.15) is 76.5 Å². The number of cyclic esters (lactones) is 1. The molecule has 0 unspecified atom stereocenters. The Hall–Kier alpha value is -5.45. The maximum atomic E-state index is 14.8. The van der Waals surface area contributed by atoms with Crippen molar-refractivity contribution in [2.75, 3.05) is 19.6 Å². The van der Waals surface area contributed by atoms with Crippen molar-refractivity contribution in [2.24, 2.45) is 5.92 Å². The molecule has 0 spiro atoms. The lowest BCUT2D eigenvalue weighted by Crippen LogP contribution is -2.63. The summed E-state index contributed by atoms with van der Waals surface area (Å²) in [6, 6.07) is 2.31. The zero-order valence-electron chi connectivity index (χ0n) is 34.3. The van der Waals surface area contributed by atoms with Gasteiger partial charge in [-0.05, 0) is 80.7 Å². The number of esters is 1. The number of aryl methyl sites for hydroxylation is 1. The van der Waals surface area contributed by atoms with Crippen molar-refractivity contribution in [3.8, 4) is 0 Å². The van der Waals surface area contributed by atoms with Crippen LogP contribution in [0.4, 0.5) is 8.78 Å². The van der Waals surface area contributed by atoms with E-state index in [1.54, 1.807) is 12.1 Å². The highest BCUT2D eigenvalue weighted by atomic mass is 19.1. The molecule has 4 aliphatic heterocycles. The van der Waals surface area contributed by atoms with E-state index in [0.717, 1.165) is 29.0 Å². The first-order valence-electron chi connectivity index (χ1n) is 20.8. The van der Waals surface area contributed by atoms with Gasteiger partial charge >= 0.3 is 5.97 Å². The zero-order chi connectivity index (χ0) is 43.4. The molecule has 4 N–H and O–H groups in total. The van der Waals surface area contributed by atoms with Gasteiger partial charge < -0.3 is 40.5 Å². The van der Waals surface area contributed by atoms with Crippen LogP contribution in [-0.2, 0) is 57.6 Å². The molecular formula is C43H54F2N6O9. The molecule has 4 saturated heterocycles. The zero-order valence-corrected chi connectivity index (χ0v) is 34.3. The van der Waals surface area contributed by atoms with Crippen LogP contribution in [0.2, 0.25) is 0 Å². The molecule has 324 valence electrons. The number of benzene rings is 2. The molecule has 2 aromatic carbocycles. The Kier molecular flexibility index (Phi) is 13.9. The second-order valence-corrected chi connectivity index (χ2v) is 16.6. The lowest BCUT2D eigenvalue weighted by molar-refractivity contribution is -0.163. The third kappa shape index (κ3) is 10.1. The fraction of sp³-hybridized carbons (Fsp3) is 0.558. The van der Waals surface area contributed by atoms with Crippen molar-refractivity contribution < 1.29 is 52.2 Å². The van der Waals surface area contributed by atoms with Gasteiger partial charge in [-0.15, -0.1) is 0 Å². The minimum Gasteiger partial charge on any atom is -0.458 e. The number of fused-ring (bicyclic) bond motifs is 3. The molecular weight excluding hydrogens is 783 g/mol. The van der Waals surface area contributed by atoms with Gasteiger partial charge in [0.15, 0.2) is 0 Å². The van der Waals surface area contributed by atoms with E-state index < -0.39 is 108 Å². The highest BCUT2D eigenvalue weighted by Gasteiger charge is 2.49. The van der Waals surface area contributed by atoms with Gasteiger partial charge in [-0.25, -0.2) is 13.6 Å². The molecule has 17 heteroatoms. The molecule has 15 nitrogen and oxygen atoms in total. The van der Waals surface area contributed by atoms with Gasteiger partial charge in [-0.1, -0.05) is 38.1 Å². The summed E-state index contributed by atoms with van der Waals surface area (Å²) in [5.41, 5.74) is 1.70. The van der Waals surface area contributed by atoms with Crippen LogP contribution < -0.4 is 16.0 Å². The van der Waals surface area contributed by atoms with E-state index in [9.17, 15) is 47.4 Å².